The molecular weight excluding hydrogens is 492 g/mol. The molecule has 0 unspecified atom stereocenters. The molecule has 0 radical (unpaired) electrons. The fraction of sp³-hybridized carbons (Fsp3) is 0.345. The Morgan fingerprint density at radius 1 is 0.892 bits per heavy atom. The third-order valence-corrected chi connectivity index (χ3v) is 11.5. The summed E-state index contributed by atoms with van der Waals surface area (Å²) in [5.41, 5.74) is 0.954. The van der Waals surface area contributed by atoms with Crippen LogP contribution in [-0.2, 0) is 20.5 Å². The van der Waals surface area contributed by atoms with Crippen LogP contribution in [0.4, 0.5) is 8.78 Å². The van der Waals surface area contributed by atoms with Crippen LogP contribution in [0.15, 0.2) is 91.0 Å². The highest BCUT2D eigenvalue weighted by atomic mass is 28.4. The molecule has 0 heterocycles. The topological polar surface area (TPSA) is 67.8 Å². The maximum Gasteiger partial charge on any atom is 0.456 e. The Hall–Kier alpha value is -2.91. The van der Waals surface area contributed by atoms with E-state index in [0.717, 1.165) is 15.9 Å². The van der Waals surface area contributed by atoms with Gasteiger partial charge in [0, 0.05) is 6.54 Å². The molecule has 198 valence electrons. The first-order valence-electron chi connectivity index (χ1n) is 12.3. The molecule has 0 saturated carbocycles. The number of nitrogens with one attached hydrogen (secondary N) is 1. The predicted molar refractivity (Wildman–Crippen MR) is 144 cm³/mol. The maximum absolute atomic E-state index is 14.0. The van der Waals surface area contributed by atoms with Gasteiger partial charge >= 0.3 is 12.1 Å². The van der Waals surface area contributed by atoms with E-state index in [1.165, 1.54) is 6.92 Å². The van der Waals surface area contributed by atoms with Gasteiger partial charge in [0.25, 0.3) is 8.32 Å². The number of rotatable bonds is 12. The Kier molecular flexibility index (Phi) is 9.36. The molecule has 2 atom stereocenters. The zero-order valence-electron chi connectivity index (χ0n) is 21.7. The van der Waals surface area contributed by atoms with Gasteiger partial charge in [-0.3, -0.25) is 0 Å². The van der Waals surface area contributed by atoms with Crippen LogP contribution in [0, 0.1) is 0 Å². The molecule has 8 heteroatoms. The van der Waals surface area contributed by atoms with E-state index in [1.807, 2.05) is 66.7 Å². The van der Waals surface area contributed by atoms with Gasteiger partial charge in [-0.15, -0.1) is 0 Å². The Bertz CT molecular complexity index is 1090. The molecule has 3 rings (SSSR count). The van der Waals surface area contributed by atoms with Crippen molar-refractivity contribution in [3.05, 3.63) is 96.6 Å². The summed E-state index contributed by atoms with van der Waals surface area (Å²) in [4.78, 5) is 11.1. The number of carbonyl (C=O) groups is 1. The van der Waals surface area contributed by atoms with Gasteiger partial charge in [0.1, 0.15) is 0 Å². The lowest BCUT2D eigenvalue weighted by Crippen LogP contribution is -2.67. The molecule has 0 bridgehead atoms. The maximum atomic E-state index is 14.0. The molecule has 0 fully saturated rings. The lowest BCUT2D eigenvalue weighted by molar-refractivity contribution is -0.264. The van der Waals surface area contributed by atoms with Gasteiger partial charge in [-0.2, -0.15) is 8.78 Å². The number of ether oxygens (including phenoxy) is 1. The average molecular weight is 528 g/mol. The third-order valence-electron chi connectivity index (χ3n) is 6.46. The van der Waals surface area contributed by atoms with Crippen molar-refractivity contribution in [1.29, 1.82) is 0 Å². The average Bonchev–Trinajstić information content (AvgIpc) is 2.86. The minimum Gasteiger partial charge on any atom is -0.475 e. The Morgan fingerprint density at radius 2 is 1.35 bits per heavy atom. The standard InChI is InChI=1S/C29H35F2NO4Si/c1-22(36-29(30,31)27(33)34)26(32-20-23-14-8-5-9-15-23)21-35-37(28(2,3)4,24-16-10-6-11-17-24)25-18-12-7-13-19-25/h5-19,22,26,32H,20-21H2,1-4H3,(H,33,34)/t22-,26+/m0/s1. The van der Waals surface area contributed by atoms with E-state index in [4.69, 9.17) is 14.3 Å². The fourth-order valence-electron chi connectivity index (χ4n) is 4.55. The van der Waals surface area contributed by atoms with Crippen molar-refractivity contribution in [2.75, 3.05) is 6.61 Å². The summed E-state index contributed by atoms with van der Waals surface area (Å²) in [6.07, 6.45) is -5.48. The molecule has 5 nitrogen and oxygen atoms in total. The predicted octanol–water partition coefficient (Wildman–Crippen LogP) is 4.80. The van der Waals surface area contributed by atoms with Crippen LogP contribution in [0.5, 0.6) is 0 Å². The molecule has 0 aromatic heterocycles. The highest BCUT2D eigenvalue weighted by molar-refractivity contribution is 6.99. The summed E-state index contributed by atoms with van der Waals surface area (Å²) in [7, 11) is -2.95. The minimum absolute atomic E-state index is 0.0387. The van der Waals surface area contributed by atoms with Crippen molar-refractivity contribution in [2.24, 2.45) is 0 Å². The molecule has 0 aliphatic carbocycles. The van der Waals surface area contributed by atoms with E-state index in [1.54, 1.807) is 0 Å². The quantitative estimate of drug-likeness (QED) is 0.331. The van der Waals surface area contributed by atoms with Gasteiger partial charge in [0.2, 0.25) is 0 Å². The van der Waals surface area contributed by atoms with E-state index < -0.39 is 32.5 Å². The molecule has 3 aromatic rings. The summed E-state index contributed by atoms with van der Waals surface area (Å²) in [5.74, 6) is -2.32. The van der Waals surface area contributed by atoms with Crippen molar-refractivity contribution in [3.63, 3.8) is 0 Å². The lowest BCUT2D eigenvalue weighted by atomic mass is 10.1. The van der Waals surface area contributed by atoms with Gasteiger partial charge in [-0.25, -0.2) is 4.79 Å². The first kappa shape index (κ1) is 28.7. The van der Waals surface area contributed by atoms with Crippen molar-refractivity contribution in [2.45, 2.75) is 57.5 Å². The Labute approximate surface area is 218 Å². The largest absolute Gasteiger partial charge is 0.475 e. The Morgan fingerprint density at radius 3 is 1.78 bits per heavy atom. The molecule has 0 spiro atoms. The zero-order chi connectivity index (χ0) is 27.1. The zero-order valence-corrected chi connectivity index (χ0v) is 22.7. The van der Waals surface area contributed by atoms with E-state index in [0.29, 0.717) is 6.54 Å². The molecule has 2 N–H and O–H groups in total. The number of aliphatic carboxylic acids is 1. The van der Waals surface area contributed by atoms with E-state index in [-0.39, 0.29) is 11.6 Å². The number of alkyl halides is 2. The second-order valence-electron chi connectivity index (χ2n) is 10.1. The molecule has 0 aliphatic heterocycles. The number of carboxylic acid groups (broad SMARTS) is 1. The Balaban J connectivity index is 1.98. The van der Waals surface area contributed by atoms with Gasteiger partial charge < -0.3 is 19.6 Å². The normalized spacial score (nSPS) is 14.2. The first-order chi connectivity index (χ1) is 17.5. The second-order valence-corrected chi connectivity index (χ2v) is 14.4. The van der Waals surface area contributed by atoms with E-state index in [2.05, 4.69) is 50.4 Å². The summed E-state index contributed by atoms with van der Waals surface area (Å²) in [6, 6.07) is 28.8. The van der Waals surface area contributed by atoms with Crippen LogP contribution in [0.3, 0.4) is 0 Å². The summed E-state index contributed by atoms with van der Waals surface area (Å²) in [5, 5.41) is 14.0. The number of hydrogen-bond acceptors (Lipinski definition) is 4. The molecule has 0 saturated heterocycles. The van der Waals surface area contributed by atoms with Crippen LogP contribution >= 0.6 is 0 Å². The van der Waals surface area contributed by atoms with Gasteiger partial charge in [0.15, 0.2) is 0 Å². The summed E-state index contributed by atoms with van der Waals surface area (Å²) in [6.45, 7) is 8.24. The molecule has 37 heavy (non-hydrogen) atoms. The van der Waals surface area contributed by atoms with E-state index >= 15 is 0 Å². The van der Waals surface area contributed by atoms with Crippen molar-refractivity contribution < 1.29 is 27.8 Å². The number of benzene rings is 3. The van der Waals surface area contributed by atoms with Crippen LogP contribution < -0.4 is 15.7 Å². The van der Waals surface area contributed by atoms with Crippen LogP contribution in [-0.4, -0.2) is 44.3 Å². The summed E-state index contributed by atoms with van der Waals surface area (Å²) < 4.78 is 39.7. The van der Waals surface area contributed by atoms with Gasteiger partial charge in [-0.1, -0.05) is 112 Å². The molecule has 0 aliphatic rings. The monoisotopic (exact) mass is 527 g/mol. The minimum atomic E-state index is -4.32. The van der Waals surface area contributed by atoms with Gasteiger partial charge in [-0.05, 0) is 27.9 Å². The van der Waals surface area contributed by atoms with Crippen LogP contribution in [0.25, 0.3) is 0 Å². The number of halogens is 2. The fourth-order valence-corrected chi connectivity index (χ4v) is 9.13. The van der Waals surface area contributed by atoms with Crippen LogP contribution in [0.2, 0.25) is 5.04 Å². The van der Waals surface area contributed by atoms with Crippen LogP contribution in [0.1, 0.15) is 33.3 Å². The highest BCUT2D eigenvalue weighted by Gasteiger charge is 2.51. The van der Waals surface area contributed by atoms with Crippen molar-refractivity contribution >= 4 is 24.7 Å². The summed E-state index contributed by atoms with van der Waals surface area (Å²) >= 11 is 0. The lowest BCUT2D eigenvalue weighted by Gasteiger charge is -2.44. The van der Waals surface area contributed by atoms with Crippen molar-refractivity contribution in [3.8, 4) is 0 Å². The molecule has 3 aromatic carbocycles. The first-order valence-corrected chi connectivity index (χ1v) is 14.2. The van der Waals surface area contributed by atoms with E-state index in [9.17, 15) is 13.6 Å². The highest BCUT2D eigenvalue weighted by Crippen LogP contribution is 2.37. The van der Waals surface area contributed by atoms with Gasteiger partial charge in [0.05, 0.1) is 18.8 Å². The molecular formula is C29H35F2NO4Si. The smallest absolute Gasteiger partial charge is 0.456 e. The number of carboxylic acids is 1. The van der Waals surface area contributed by atoms with Crippen molar-refractivity contribution in [1.82, 2.24) is 5.32 Å². The number of hydrogen-bond donors (Lipinski definition) is 2. The third kappa shape index (κ3) is 6.90. The second kappa shape index (κ2) is 12.1. The molecule has 0 amide bonds. The SMILES string of the molecule is C[C@H](OC(F)(F)C(=O)O)[C@@H](CO[Si](c1ccccc1)(c1ccccc1)C(C)(C)C)NCc1ccccc1.